The van der Waals surface area contributed by atoms with Crippen molar-refractivity contribution in [2.75, 3.05) is 30.8 Å². The van der Waals surface area contributed by atoms with Gasteiger partial charge in [0.25, 0.3) is 0 Å². The topological polar surface area (TPSA) is 96.0 Å². The normalized spacial score (nSPS) is 12.2. The van der Waals surface area contributed by atoms with Crippen molar-refractivity contribution in [1.82, 2.24) is 10.2 Å². The Morgan fingerprint density at radius 1 is 1.03 bits per heavy atom. The first kappa shape index (κ1) is 27.7. The summed E-state index contributed by atoms with van der Waals surface area (Å²) in [6.45, 7) is 5.78. The lowest BCUT2D eigenvalue weighted by Crippen LogP contribution is -2.51. The standard InChI is InChI=1S/C24H32BrN3O5S/c1-17(2)14-26-24(30)18(3)27(15-19-6-12-22(33-4)13-7-19)23(29)16-28(34(5,31)32)21-10-8-20(25)9-11-21/h6-13,17-18H,14-16H2,1-5H3,(H,26,30)/t18-/m0/s1. The Morgan fingerprint density at radius 2 is 1.62 bits per heavy atom. The summed E-state index contributed by atoms with van der Waals surface area (Å²) in [4.78, 5) is 27.7. The number of nitrogens with zero attached hydrogens (tertiary/aromatic N) is 2. The average Bonchev–Trinajstić information content (AvgIpc) is 2.79. The Balaban J connectivity index is 2.34. The van der Waals surface area contributed by atoms with Crippen LogP contribution in [0.2, 0.25) is 0 Å². The van der Waals surface area contributed by atoms with E-state index in [9.17, 15) is 18.0 Å². The molecule has 2 aromatic carbocycles. The zero-order valence-electron chi connectivity index (χ0n) is 20.1. The quantitative estimate of drug-likeness (QED) is 0.460. The third-order valence-electron chi connectivity index (χ3n) is 5.16. The molecular formula is C24H32BrN3O5S. The van der Waals surface area contributed by atoms with Gasteiger partial charge in [0.15, 0.2) is 0 Å². The molecule has 2 amide bonds. The number of ether oxygens (including phenoxy) is 1. The molecule has 0 heterocycles. The van der Waals surface area contributed by atoms with Crippen molar-refractivity contribution in [3.05, 3.63) is 58.6 Å². The largest absolute Gasteiger partial charge is 0.497 e. The van der Waals surface area contributed by atoms with Gasteiger partial charge in [-0.3, -0.25) is 13.9 Å². The van der Waals surface area contributed by atoms with E-state index in [-0.39, 0.29) is 18.4 Å². The molecule has 8 nitrogen and oxygen atoms in total. The molecule has 0 spiro atoms. The van der Waals surface area contributed by atoms with E-state index in [0.717, 1.165) is 20.6 Å². The highest BCUT2D eigenvalue weighted by molar-refractivity contribution is 9.10. The fraction of sp³-hybridized carbons (Fsp3) is 0.417. The first-order valence-electron chi connectivity index (χ1n) is 10.9. The highest BCUT2D eigenvalue weighted by atomic mass is 79.9. The number of benzene rings is 2. The minimum Gasteiger partial charge on any atom is -0.497 e. The van der Waals surface area contributed by atoms with Gasteiger partial charge in [-0.15, -0.1) is 0 Å². The lowest BCUT2D eigenvalue weighted by atomic mass is 10.1. The molecule has 0 saturated carbocycles. The van der Waals surface area contributed by atoms with E-state index >= 15 is 0 Å². The van der Waals surface area contributed by atoms with E-state index in [1.54, 1.807) is 62.6 Å². The van der Waals surface area contributed by atoms with Crippen molar-refractivity contribution in [1.29, 1.82) is 0 Å². The number of methoxy groups -OCH3 is 1. The SMILES string of the molecule is COc1ccc(CN(C(=O)CN(c2ccc(Br)cc2)S(C)(=O)=O)[C@@H](C)C(=O)NCC(C)C)cc1. The molecule has 10 heteroatoms. The fourth-order valence-corrected chi connectivity index (χ4v) is 4.30. The van der Waals surface area contributed by atoms with Gasteiger partial charge in [-0.1, -0.05) is 41.9 Å². The van der Waals surface area contributed by atoms with Gasteiger partial charge in [0.05, 0.1) is 19.1 Å². The number of hydrogen-bond acceptors (Lipinski definition) is 5. The molecule has 0 unspecified atom stereocenters. The van der Waals surface area contributed by atoms with Crippen LogP contribution in [0.25, 0.3) is 0 Å². The van der Waals surface area contributed by atoms with Gasteiger partial charge in [0.1, 0.15) is 18.3 Å². The number of halogens is 1. The summed E-state index contributed by atoms with van der Waals surface area (Å²) in [5.41, 5.74) is 1.15. The summed E-state index contributed by atoms with van der Waals surface area (Å²) in [6, 6.07) is 13.0. The molecule has 0 fully saturated rings. The number of sulfonamides is 1. The molecule has 0 radical (unpaired) electrons. The van der Waals surface area contributed by atoms with E-state index in [4.69, 9.17) is 4.74 Å². The van der Waals surface area contributed by atoms with Crippen molar-refractivity contribution in [3.8, 4) is 5.75 Å². The lowest BCUT2D eigenvalue weighted by molar-refractivity contribution is -0.139. The van der Waals surface area contributed by atoms with Gasteiger partial charge in [-0.2, -0.15) is 0 Å². The second-order valence-electron chi connectivity index (χ2n) is 8.43. The van der Waals surface area contributed by atoms with Crippen LogP contribution in [0.1, 0.15) is 26.3 Å². The van der Waals surface area contributed by atoms with Gasteiger partial charge < -0.3 is 15.0 Å². The molecule has 0 bridgehead atoms. The highest BCUT2D eigenvalue weighted by Gasteiger charge is 2.30. The Labute approximate surface area is 210 Å². The molecule has 0 aromatic heterocycles. The minimum atomic E-state index is -3.76. The van der Waals surface area contributed by atoms with Crippen LogP contribution in [-0.2, 0) is 26.2 Å². The molecule has 0 aliphatic heterocycles. The van der Waals surface area contributed by atoms with Crippen molar-refractivity contribution in [3.63, 3.8) is 0 Å². The molecule has 34 heavy (non-hydrogen) atoms. The molecule has 0 aliphatic carbocycles. The Kier molecular flexibility index (Phi) is 9.93. The van der Waals surface area contributed by atoms with E-state index in [2.05, 4.69) is 21.2 Å². The predicted octanol–water partition coefficient (Wildman–Crippen LogP) is 3.41. The van der Waals surface area contributed by atoms with Crippen LogP contribution in [0.3, 0.4) is 0 Å². The van der Waals surface area contributed by atoms with Crippen molar-refractivity contribution in [2.45, 2.75) is 33.4 Å². The monoisotopic (exact) mass is 553 g/mol. The lowest BCUT2D eigenvalue weighted by Gasteiger charge is -2.31. The number of amides is 2. The Morgan fingerprint density at radius 3 is 2.12 bits per heavy atom. The highest BCUT2D eigenvalue weighted by Crippen LogP contribution is 2.22. The maximum Gasteiger partial charge on any atom is 0.244 e. The van der Waals surface area contributed by atoms with Crippen LogP contribution >= 0.6 is 15.9 Å². The molecule has 186 valence electrons. The average molecular weight is 555 g/mol. The summed E-state index contributed by atoms with van der Waals surface area (Å²) in [6.07, 6.45) is 1.05. The van der Waals surface area contributed by atoms with Crippen molar-refractivity contribution in [2.24, 2.45) is 5.92 Å². The minimum absolute atomic E-state index is 0.136. The van der Waals surface area contributed by atoms with Gasteiger partial charge in [-0.05, 0) is 54.8 Å². The summed E-state index contributed by atoms with van der Waals surface area (Å²) in [5.74, 6) is 0.129. The Hall–Kier alpha value is -2.59. The van der Waals surface area contributed by atoms with Crippen molar-refractivity contribution >= 4 is 43.5 Å². The first-order chi connectivity index (χ1) is 15.9. The third kappa shape index (κ3) is 8.02. The number of rotatable bonds is 11. The van der Waals surface area contributed by atoms with Crippen LogP contribution < -0.4 is 14.4 Å². The fourth-order valence-electron chi connectivity index (χ4n) is 3.18. The van der Waals surface area contributed by atoms with E-state index in [1.165, 1.54) is 4.90 Å². The van der Waals surface area contributed by atoms with E-state index in [1.807, 2.05) is 13.8 Å². The summed E-state index contributed by atoms with van der Waals surface area (Å²) in [7, 11) is -2.19. The summed E-state index contributed by atoms with van der Waals surface area (Å²) in [5, 5.41) is 2.85. The maximum atomic E-state index is 13.5. The zero-order valence-corrected chi connectivity index (χ0v) is 22.5. The second kappa shape index (κ2) is 12.2. The van der Waals surface area contributed by atoms with Gasteiger partial charge in [0.2, 0.25) is 21.8 Å². The van der Waals surface area contributed by atoms with Crippen LogP contribution in [0.4, 0.5) is 5.69 Å². The van der Waals surface area contributed by atoms with E-state index < -0.39 is 28.5 Å². The van der Waals surface area contributed by atoms with Crippen LogP contribution in [0.15, 0.2) is 53.0 Å². The molecule has 1 atom stereocenters. The van der Waals surface area contributed by atoms with Crippen LogP contribution in [0.5, 0.6) is 5.75 Å². The third-order valence-corrected chi connectivity index (χ3v) is 6.83. The van der Waals surface area contributed by atoms with Gasteiger partial charge in [0, 0.05) is 17.6 Å². The summed E-state index contributed by atoms with van der Waals surface area (Å²) < 4.78 is 32.1. The second-order valence-corrected chi connectivity index (χ2v) is 11.3. The zero-order chi connectivity index (χ0) is 25.5. The predicted molar refractivity (Wildman–Crippen MR) is 137 cm³/mol. The molecular weight excluding hydrogens is 522 g/mol. The molecule has 1 N–H and O–H groups in total. The molecule has 0 aliphatic rings. The molecule has 2 rings (SSSR count). The van der Waals surface area contributed by atoms with E-state index in [0.29, 0.717) is 18.0 Å². The van der Waals surface area contributed by atoms with Crippen LogP contribution in [0, 0.1) is 5.92 Å². The van der Waals surface area contributed by atoms with Gasteiger partial charge in [-0.25, -0.2) is 8.42 Å². The molecule has 0 saturated heterocycles. The number of hydrogen-bond donors (Lipinski definition) is 1. The maximum absolute atomic E-state index is 13.5. The van der Waals surface area contributed by atoms with Crippen molar-refractivity contribution < 1.29 is 22.7 Å². The first-order valence-corrected chi connectivity index (χ1v) is 13.5. The number of anilines is 1. The number of carbonyl (C=O) groups is 2. The molecule has 2 aromatic rings. The van der Waals surface area contributed by atoms with Crippen LogP contribution in [-0.4, -0.2) is 57.6 Å². The number of carbonyl (C=O) groups excluding carboxylic acids is 2. The number of nitrogens with one attached hydrogen (secondary N) is 1. The summed E-state index contributed by atoms with van der Waals surface area (Å²) >= 11 is 3.33. The van der Waals surface area contributed by atoms with Gasteiger partial charge >= 0.3 is 0 Å². The Bertz CT molecular complexity index is 1070. The smallest absolute Gasteiger partial charge is 0.244 e.